The largest absolute Gasteiger partial charge is 0.417 e. The first-order valence-electron chi connectivity index (χ1n) is 7.93. The Labute approximate surface area is 133 Å². The van der Waals surface area contributed by atoms with Crippen molar-refractivity contribution in [3.63, 3.8) is 0 Å². The number of nitrogens with zero attached hydrogens (tertiary/aromatic N) is 2. The maximum atomic E-state index is 12.3. The lowest BCUT2D eigenvalue weighted by Gasteiger charge is -2.36. The molecule has 0 aliphatic carbocycles. The third kappa shape index (κ3) is 3.36. The molecular formula is C17H28N2O2Si. The van der Waals surface area contributed by atoms with E-state index >= 15 is 0 Å². The predicted octanol–water partition coefficient (Wildman–Crippen LogP) is 3.59. The third-order valence-corrected chi connectivity index (χ3v) is 9.41. The minimum atomic E-state index is -1.67. The Morgan fingerprint density at radius 3 is 2.59 bits per heavy atom. The van der Waals surface area contributed by atoms with Crippen LogP contribution in [0.3, 0.4) is 0 Å². The molecule has 5 heteroatoms. The second kappa shape index (κ2) is 6.05. The van der Waals surface area contributed by atoms with Gasteiger partial charge in [0.1, 0.15) is 5.52 Å². The molecule has 0 amide bonds. The van der Waals surface area contributed by atoms with Crippen molar-refractivity contribution in [2.24, 2.45) is 7.05 Å². The number of aryl methyl sites for hydroxylation is 1. The van der Waals surface area contributed by atoms with E-state index in [-0.39, 0.29) is 10.6 Å². The van der Waals surface area contributed by atoms with Crippen molar-refractivity contribution in [1.82, 2.24) is 8.97 Å². The molecule has 0 fully saturated rings. The van der Waals surface area contributed by atoms with E-state index < -0.39 is 8.32 Å². The molecule has 2 rings (SSSR count). The van der Waals surface area contributed by atoms with Gasteiger partial charge >= 0.3 is 0 Å². The van der Waals surface area contributed by atoms with Gasteiger partial charge < -0.3 is 13.4 Å². The summed E-state index contributed by atoms with van der Waals surface area (Å²) in [6.45, 7) is 12.1. The molecule has 2 heterocycles. The van der Waals surface area contributed by atoms with Gasteiger partial charge in [-0.3, -0.25) is 4.79 Å². The van der Waals surface area contributed by atoms with E-state index in [4.69, 9.17) is 4.43 Å². The second-order valence-electron chi connectivity index (χ2n) is 7.50. The fourth-order valence-electron chi connectivity index (χ4n) is 2.27. The fraction of sp³-hybridized carbons (Fsp3) is 0.588. The van der Waals surface area contributed by atoms with Crippen molar-refractivity contribution in [1.29, 1.82) is 0 Å². The highest BCUT2D eigenvalue weighted by molar-refractivity contribution is 6.74. The van der Waals surface area contributed by atoms with Crippen molar-refractivity contribution < 1.29 is 4.43 Å². The minimum absolute atomic E-state index is 0.0628. The Morgan fingerprint density at radius 2 is 1.95 bits per heavy atom. The minimum Gasteiger partial charge on any atom is -0.417 e. The fourth-order valence-corrected chi connectivity index (χ4v) is 3.35. The summed E-state index contributed by atoms with van der Waals surface area (Å²) in [5.74, 6) is 0. The number of fused-ring (bicyclic) bond motifs is 1. The van der Waals surface area contributed by atoms with Gasteiger partial charge in [-0.25, -0.2) is 0 Å². The van der Waals surface area contributed by atoms with Gasteiger partial charge in [-0.05, 0) is 43.1 Å². The van der Waals surface area contributed by atoms with E-state index in [2.05, 4.69) is 33.9 Å². The zero-order valence-electron chi connectivity index (χ0n) is 14.6. The molecule has 0 atom stereocenters. The van der Waals surface area contributed by atoms with Gasteiger partial charge in [0, 0.05) is 31.7 Å². The lowest BCUT2D eigenvalue weighted by atomic mass is 10.2. The van der Waals surface area contributed by atoms with Crippen LogP contribution in [0.2, 0.25) is 18.1 Å². The van der Waals surface area contributed by atoms with Crippen LogP contribution >= 0.6 is 0 Å². The molecule has 0 N–H and O–H groups in total. The predicted molar refractivity (Wildman–Crippen MR) is 94.1 cm³/mol. The Balaban J connectivity index is 2.01. The van der Waals surface area contributed by atoms with Crippen molar-refractivity contribution >= 4 is 13.8 Å². The highest BCUT2D eigenvalue weighted by atomic mass is 28.4. The van der Waals surface area contributed by atoms with Crippen LogP contribution in [0.5, 0.6) is 0 Å². The smallest absolute Gasteiger partial charge is 0.274 e. The van der Waals surface area contributed by atoms with Gasteiger partial charge in [0.2, 0.25) is 0 Å². The van der Waals surface area contributed by atoms with Crippen LogP contribution < -0.4 is 5.56 Å². The molecule has 4 nitrogen and oxygen atoms in total. The first-order chi connectivity index (χ1) is 10.1. The Hall–Kier alpha value is -1.33. The summed E-state index contributed by atoms with van der Waals surface area (Å²) in [7, 11) is 0.172. The standard InChI is InChI=1S/C17H28N2O2Si/c1-17(2,3)22(5,6)21-12-8-9-14-13-19-11-7-10-15(19)16(20)18(14)4/h7,10-11,13H,8-9,12H2,1-6H3. The molecule has 122 valence electrons. The van der Waals surface area contributed by atoms with Crippen LogP contribution in [-0.4, -0.2) is 23.9 Å². The normalized spacial score (nSPS) is 13.0. The molecule has 0 saturated heterocycles. The lowest BCUT2D eigenvalue weighted by molar-refractivity contribution is 0.281. The Kier molecular flexibility index (Phi) is 4.68. The van der Waals surface area contributed by atoms with E-state index in [9.17, 15) is 4.79 Å². The Bertz CT molecular complexity index is 707. The van der Waals surface area contributed by atoms with Gasteiger partial charge in [0.15, 0.2) is 8.32 Å². The maximum absolute atomic E-state index is 12.3. The van der Waals surface area contributed by atoms with Gasteiger partial charge in [-0.2, -0.15) is 0 Å². The molecule has 22 heavy (non-hydrogen) atoms. The molecule has 0 saturated carbocycles. The van der Waals surface area contributed by atoms with Crippen LogP contribution in [0.25, 0.3) is 5.52 Å². The van der Waals surface area contributed by atoms with E-state index in [1.165, 1.54) is 0 Å². The zero-order valence-corrected chi connectivity index (χ0v) is 15.6. The highest BCUT2D eigenvalue weighted by Crippen LogP contribution is 2.36. The van der Waals surface area contributed by atoms with Crippen molar-refractivity contribution in [2.45, 2.75) is 51.7 Å². The van der Waals surface area contributed by atoms with Crippen LogP contribution in [0.15, 0.2) is 29.3 Å². The molecule has 0 unspecified atom stereocenters. The molecule has 2 aromatic heterocycles. The molecule has 0 aliphatic rings. The summed E-state index contributed by atoms with van der Waals surface area (Å²) < 4.78 is 9.86. The average Bonchev–Trinajstić information content (AvgIpc) is 2.87. The monoisotopic (exact) mass is 320 g/mol. The van der Waals surface area contributed by atoms with Gasteiger partial charge in [-0.1, -0.05) is 20.8 Å². The summed E-state index contributed by atoms with van der Waals surface area (Å²) in [6, 6.07) is 3.76. The topological polar surface area (TPSA) is 35.6 Å². The molecule has 0 bridgehead atoms. The van der Waals surface area contributed by atoms with Crippen LogP contribution in [0.1, 0.15) is 32.9 Å². The SMILES string of the molecule is Cn1c(CCCO[Si](C)(C)C(C)(C)C)cn2cccc2c1=O. The van der Waals surface area contributed by atoms with E-state index in [1.54, 1.807) is 4.57 Å². The molecule has 0 radical (unpaired) electrons. The van der Waals surface area contributed by atoms with Crippen molar-refractivity contribution in [3.8, 4) is 0 Å². The first kappa shape index (κ1) is 17.0. The van der Waals surface area contributed by atoms with Crippen LogP contribution in [0, 0.1) is 0 Å². The summed E-state index contributed by atoms with van der Waals surface area (Å²) in [5.41, 5.74) is 1.84. The van der Waals surface area contributed by atoms with Gasteiger partial charge in [0.05, 0.1) is 0 Å². The first-order valence-corrected chi connectivity index (χ1v) is 10.8. The number of hydrogen-bond donors (Lipinski definition) is 0. The molecule has 0 aromatic carbocycles. The number of rotatable bonds is 5. The highest BCUT2D eigenvalue weighted by Gasteiger charge is 2.36. The summed E-state index contributed by atoms with van der Waals surface area (Å²) in [4.78, 5) is 12.3. The van der Waals surface area contributed by atoms with E-state index in [0.717, 1.165) is 30.7 Å². The average molecular weight is 321 g/mol. The Morgan fingerprint density at radius 1 is 1.27 bits per heavy atom. The molecule has 2 aromatic rings. The van der Waals surface area contributed by atoms with Gasteiger partial charge in [-0.15, -0.1) is 0 Å². The number of hydrogen-bond acceptors (Lipinski definition) is 2. The van der Waals surface area contributed by atoms with Crippen LogP contribution in [0.4, 0.5) is 0 Å². The summed E-state index contributed by atoms with van der Waals surface area (Å²) in [6.07, 6.45) is 5.76. The van der Waals surface area contributed by atoms with Gasteiger partial charge in [0.25, 0.3) is 5.56 Å². The molecule has 0 aliphatic heterocycles. The summed E-state index contributed by atoms with van der Waals surface area (Å²) >= 11 is 0. The van der Waals surface area contributed by atoms with E-state index in [0.29, 0.717) is 0 Å². The zero-order chi connectivity index (χ0) is 16.5. The lowest BCUT2D eigenvalue weighted by Crippen LogP contribution is -2.41. The summed E-state index contributed by atoms with van der Waals surface area (Å²) in [5, 5.41) is 0.240. The maximum Gasteiger partial charge on any atom is 0.274 e. The molecular weight excluding hydrogens is 292 g/mol. The van der Waals surface area contributed by atoms with Crippen LogP contribution in [-0.2, 0) is 17.9 Å². The van der Waals surface area contributed by atoms with E-state index in [1.807, 2.05) is 36.0 Å². The number of aromatic nitrogens is 2. The van der Waals surface area contributed by atoms with Crippen molar-refractivity contribution in [3.05, 3.63) is 40.6 Å². The van der Waals surface area contributed by atoms with Crippen molar-refractivity contribution in [2.75, 3.05) is 6.61 Å². The second-order valence-corrected chi connectivity index (χ2v) is 12.3. The quantitative estimate of drug-likeness (QED) is 0.623. The molecule has 0 spiro atoms. The third-order valence-electron chi connectivity index (χ3n) is 4.87.